The van der Waals surface area contributed by atoms with Gasteiger partial charge in [-0.2, -0.15) is 0 Å². The number of hydrogen-bond acceptors (Lipinski definition) is 6. The Morgan fingerprint density at radius 1 is 1.17 bits per heavy atom. The first-order valence-corrected chi connectivity index (χ1v) is 11.0. The average Bonchev–Trinajstić information content (AvgIpc) is 3.09. The summed E-state index contributed by atoms with van der Waals surface area (Å²) < 4.78 is 33.4. The minimum atomic E-state index is -3.57. The molecular formula is C21H25N3O5S. The summed E-state index contributed by atoms with van der Waals surface area (Å²) in [6.07, 6.45) is 0.840. The maximum atomic E-state index is 12.4. The van der Waals surface area contributed by atoms with Crippen LogP contribution in [0, 0.1) is 0 Å². The van der Waals surface area contributed by atoms with Crippen LogP contribution in [0.25, 0.3) is 11.0 Å². The Kier molecular flexibility index (Phi) is 6.55. The molecule has 0 saturated heterocycles. The molecule has 1 aromatic heterocycles. The minimum absolute atomic E-state index is 0.0367. The zero-order valence-electron chi connectivity index (χ0n) is 17.2. The molecule has 0 aliphatic heterocycles. The second kappa shape index (κ2) is 8.95. The molecule has 0 atom stereocenters. The first-order valence-electron chi connectivity index (χ1n) is 9.56. The number of nitrogens with zero attached hydrogens (tertiary/aromatic N) is 3. The maximum Gasteiger partial charge on any atom is 0.338 e. The largest absolute Gasteiger partial charge is 0.454 e. The Labute approximate surface area is 175 Å². The van der Waals surface area contributed by atoms with Crippen molar-refractivity contribution in [2.24, 2.45) is 0 Å². The van der Waals surface area contributed by atoms with Crippen molar-refractivity contribution >= 4 is 27.0 Å². The zero-order valence-corrected chi connectivity index (χ0v) is 18.0. The Bertz CT molecular complexity index is 1150. The van der Waals surface area contributed by atoms with Crippen LogP contribution >= 0.6 is 0 Å². The number of carbonyl (C=O) groups excluding carboxylic acids is 1. The van der Waals surface area contributed by atoms with Gasteiger partial charge in [-0.25, -0.2) is 22.5 Å². The summed E-state index contributed by atoms with van der Waals surface area (Å²) in [6, 6.07) is 11.3. The highest BCUT2D eigenvalue weighted by Crippen LogP contribution is 2.23. The zero-order chi connectivity index (χ0) is 21.9. The molecule has 0 spiro atoms. The second-order valence-electron chi connectivity index (χ2n) is 7.05. The van der Waals surface area contributed by atoms with Gasteiger partial charge in [0.15, 0.2) is 0 Å². The summed E-state index contributed by atoms with van der Waals surface area (Å²) in [7, 11) is -0.612. The van der Waals surface area contributed by atoms with Gasteiger partial charge in [0.1, 0.15) is 12.4 Å². The van der Waals surface area contributed by atoms with E-state index >= 15 is 0 Å². The smallest absolute Gasteiger partial charge is 0.338 e. The highest BCUT2D eigenvalue weighted by Gasteiger charge is 2.20. The van der Waals surface area contributed by atoms with E-state index in [4.69, 9.17) is 9.84 Å². The van der Waals surface area contributed by atoms with E-state index < -0.39 is 16.0 Å². The van der Waals surface area contributed by atoms with Crippen molar-refractivity contribution in [1.29, 1.82) is 0 Å². The van der Waals surface area contributed by atoms with Crippen LogP contribution < -0.4 is 0 Å². The molecule has 0 unspecified atom stereocenters. The normalized spacial score (nSPS) is 11.9. The number of aromatic nitrogens is 2. The fourth-order valence-corrected chi connectivity index (χ4v) is 4.00. The quantitative estimate of drug-likeness (QED) is 0.550. The third kappa shape index (κ3) is 4.38. The first-order chi connectivity index (χ1) is 14.3. The highest BCUT2D eigenvalue weighted by molar-refractivity contribution is 7.89. The number of aryl methyl sites for hydroxylation is 1. The van der Waals surface area contributed by atoms with Gasteiger partial charge in [0.2, 0.25) is 10.0 Å². The molecule has 0 saturated carbocycles. The van der Waals surface area contributed by atoms with Crippen molar-refractivity contribution in [3.05, 3.63) is 59.4 Å². The Morgan fingerprint density at radius 3 is 2.47 bits per heavy atom. The first kappa shape index (κ1) is 21.9. The van der Waals surface area contributed by atoms with E-state index in [9.17, 15) is 13.2 Å². The van der Waals surface area contributed by atoms with Crippen LogP contribution in [0.4, 0.5) is 0 Å². The molecule has 1 heterocycles. The van der Waals surface area contributed by atoms with Crippen LogP contribution in [-0.2, 0) is 34.5 Å². The molecule has 1 N–H and O–H groups in total. The van der Waals surface area contributed by atoms with Crippen LogP contribution in [0.2, 0.25) is 0 Å². The van der Waals surface area contributed by atoms with Crippen molar-refractivity contribution in [3.8, 4) is 0 Å². The van der Waals surface area contributed by atoms with E-state index in [2.05, 4.69) is 4.98 Å². The number of fused-ring (bicyclic) bond motifs is 1. The molecule has 160 valence electrons. The lowest BCUT2D eigenvalue weighted by molar-refractivity contribution is 0.0458. The van der Waals surface area contributed by atoms with Gasteiger partial charge >= 0.3 is 5.97 Å². The Hall–Kier alpha value is -2.75. The fourth-order valence-electron chi connectivity index (χ4n) is 3.07. The van der Waals surface area contributed by atoms with Crippen LogP contribution in [0.15, 0.2) is 47.4 Å². The number of carbonyl (C=O) groups is 1. The fraction of sp³-hybridized carbons (Fsp3) is 0.333. The summed E-state index contributed by atoms with van der Waals surface area (Å²) in [5.41, 5.74) is 2.40. The van der Waals surface area contributed by atoms with Crippen LogP contribution in [0.1, 0.15) is 35.1 Å². The Morgan fingerprint density at radius 2 is 1.87 bits per heavy atom. The summed E-state index contributed by atoms with van der Waals surface area (Å²) >= 11 is 0. The molecule has 0 aliphatic rings. The summed E-state index contributed by atoms with van der Waals surface area (Å²) in [4.78, 5) is 17.0. The van der Waals surface area contributed by atoms with E-state index in [1.54, 1.807) is 36.4 Å². The number of benzene rings is 2. The van der Waals surface area contributed by atoms with Gasteiger partial charge in [-0.05, 0) is 42.3 Å². The molecule has 0 amide bonds. The number of aliphatic hydroxyl groups is 1. The van der Waals surface area contributed by atoms with Crippen molar-refractivity contribution in [2.75, 3.05) is 14.1 Å². The van der Waals surface area contributed by atoms with Gasteiger partial charge in [0, 0.05) is 20.6 Å². The van der Waals surface area contributed by atoms with Gasteiger partial charge in [0.25, 0.3) is 0 Å². The lowest BCUT2D eigenvalue weighted by Gasteiger charge is -2.11. The van der Waals surface area contributed by atoms with E-state index in [0.717, 1.165) is 16.2 Å². The number of aliphatic hydroxyl groups excluding tert-OH is 1. The molecule has 0 fully saturated rings. The Balaban J connectivity index is 1.88. The van der Waals surface area contributed by atoms with Crippen molar-refractivity contribution in [3.63, 3.8) is 0 Å². The molecule has 2 aromatic carbocycles. The minimum Gasteiger partial charge on any atom is -0.454 e. The number of sulfonamides is 1. The summed E-state index contributed by atoms with van der Waals surface area (Å²) in [6.45, 7) is 2.55. The van der Waals surface area contributed by atoms with Gasteiger partial charge in [-0.3, -0.25) is 0 Å². The number of hydrogen-bond donors (Lipinski definition) is 1. The molecule has 3 aromatic rings. The molecule has 3 rings (SSSR count). The number of rotatable bonds is 8. The molecule has 30 heavy (non-hydrogen) atoms. The predicted molar refractivity (Wildman–Crippen MR) is 112 cm³/mol. The predicted octanol–water partition coefficient (Wildman–Crippen LogP) is 2.55. The molecule has 0 bridgehead atoms. The van der Waals surface area contributed by atoms with Crippen LogP contribution in [0.3, 0.4) is 0 Å². The summed E-state index contributed by atoms with van der Waals surface area (Å²) in [5.74, 6) is 0.0528. The SMILES string of the molecule is CCCn1c(COC(=O)c2ccc(CO)cc2)nc2cc(S(=O)(=O)N(C)C)ccc21. The lowest BCUT2D eigenvalue weighted by Crippen LogP contribution is -2.22. The van der Waals surface area contributed by atoms with E-state index in [1.807, 2.05) is 11.5 Å². The standard InChI is InChI=1S/C21H25N3O5S/c1-4-11-24-19-10-9-17(30(27,28)23(2)3)12-18(19)22-20(24)14-29-21(26)16-7-5-15(13-25)6-8-16/h5-10,12,25H,4,11,13-14H2,1-3H3. The van der Waals surface area contributed by atoms with Crippen molar-refractivity contribution in [2.45, 2.75) is 38.0 Å². The van der Waals surface area contributed by atoms with Gasteiger partial charge in [-0.1, -0.05) is 19.1 Å². The van der Waals surface area contributed by atoms with Gasteiger partial charge in [-0.15, -0.1) is 0 Å². The van der Waals surface area contributed by atoms with Crippen LogP contribution in [-0.4, -0.2) is 47.4 Å². The second-order valence-corrected chi connectivity index (χ2v) is 9.20. The van der Waals surface area contributed by atoms with E-state index in [-0.39, 0.29) is 18.1 Å². The number of esters is 1. The third-order valence-electron chi connectivity index (χ3n) is 4.73. The van der Waals surface area contributed by atoms with Crippen LogP contribution in [0.5, 0.6) is 0 Å². The molecule has 9 heteroatoms. The molecular weight excluding hydrogens is 406 g/mol. The monoisotopic (exact) mass is 431 g/mol. The molecule has 0 aliphatic carbocycles. The highest BCUT2D eigenvalue weighted by atomic mass is 32.2. The maximum absolute atomic E-state index is 12.4. The average molecular weight is 432 g/mol. The van der Waals surface area contributed by atoms with Gasteiger partial charge in [0.05, 0.1) is 28.1 Å². The number of imidazole rings is 1. The third-order valence-corrected chi connectivity index (χ3v) is 6.54. The molecule has 8 nitrogen and oxygen atoms in total. The van der Waals surface area contributed by atoms with E-state index in [0.29, 0.717) is 29.0 Å². The van der Waals surface area contributed by atoms with Gasteiger partial charge < -0.3 is 14.4 Å². The molecule has 0 radical (unpaired) electrons. The van der Waals surface area contributed by atoms with Crippen molar-refractivity contribution in [1.82, 2.24) is 13.9 Å². The number of ether oxygens (including phenoxy) is 1. The van der Waals surface area contributed by atoms with Crippen molar-refractivity contribution < 1.29 is 23.1 Å². The topological polar surface area (TPSA) is 102 Å². The lowest BCUT2D eigenvalue weighted by atomic mass is 10.1. The van der Waals surface area contributed by atoms with E-state index in [1.165, 1.54) is 20.2 Å². The summed E-state index contributed by atoms with van der Waals surface area (Å²) in [5, 5.41) is 9.10.